The fourth-order valence-corrected chi connectivity index (χ4v) is 3.88. The highest BCUT2D eigenvalue weighted by Crippen LogP contribution is 2.28. The molecule has 0 bridgehead atoms. The maximum absolute atomic E-state index is 13.1. The number of benzene rings is 2. The SMILES string of the molecule is C[C@@H](C(=O)N1C(=O)CC[C@H]1C(=O)OCc1ccccc1)N1C(=O)c2ccccc2C1=O. The molecule has 2 aromatic rings. The van der Waals surface area contributed by atoms with Gasteiger partial charge in [-0.2, -0.15) is 0 Å². The molecule has 0 radical (unpaired) electrons. The summed E-state index contributed by atoms with van der Waals surface area (Å²) in [5, 5.41) is 0. The minimum Gasteiger partial charge on any atom is -0.459 e. The highest BCUT2D eigenvalue weighted by Gasteiger charge is 2.47. The Morgan fingerprint density at radius 3 is 2.16 bits per heavy atom. The number of carbonyl (C=O) groups is 5. The molecule has 0 spiro atoms. The molecule has 4 amide bonds. The minimum atomic E-state index is -1.24. The van der Waals surface area contributed by atoms with E-state index in [1.807, 2.05) is 18.2 Å². The van der Waals surface area contributed by atoms with Crippen molar-refractivity contribution in [3.05, 3.63) is 71.3 Å². The van der Waals surface area contributed by atoms with Gasteiger partial charge in [-0.05, 0) is 31.0 Å². The lowest BCUT2D eigenvalue weighted by Gasteiger charge is -2.28. The molecule has 8 nitrogen and oxygen atoms in total. The van der Waals surface area contributed by atoms with Gasteiger partial charge in [-0.1, -0.05) is 42.5 Å². The van der Waals surface area contributed by atoms with Crippen LogP contribution in [0.5, 0.6) is 0 Å². The summed E-state index contributed by atoms with van der Waals surface area (Å²) in [5.74, 6) is -3.21. The zero-order valence-corrected chi connectivity index (χ0v) is 16.8. The molecule has 0 aliphatic carbocycles. The summed E-state index contributed by atoms with van der Waals surface area (Å²) < 4.78 is 5.31. The number of carbonyl (C=O) groups excluding carboxylic acids is 5. The zero-order valence-electron chi connectivity index (χ0n) is 16.8. The van der Waals surface area contributed by atoms with Gasteiger partial charge in [0.15, 0.2) is 0 Å². The third-order valence-corrected chi connectivity index (χ3v) is 5.52. The van der Waals surface area contributed by atoms with Crippen molar-refractivity contribution in [2.75, 3.05) is 0 Å². The van der Waals surface area contributed by atoms with E-state index in [0.29, 0.717) is 0 Å². The first-order chi connectivity index (χ1) is 14.9. The van der Waals surface area contributed by atoms with Crippen molar-refractivity contribution in [2.24, 2.45) is 0 Å². The number of imide groups is 2. The first-order valence-electron chi connectivity index (χ1n) is 9.93. The molecule has 31 heavy (non-hydrogen) atoms. The van der Waals surface area contributed by atoms with Crippen LogP contribution in [-0.2, 0) is 25.7 Å². The van der Waals surface area contributed by atoms with Crippen LogP contribution in [0.1, 0.15) is 46.0 Å². The number of rotatable bonds is 5. The fourth-order valence-electron chi connectivity index (χ4n) is 3.88. The molecule has 2 aliphatic heterocycles. The Hall–Kier alpha value is -3.81. The van der Waals surface area contributed by atoms with Gasteiger partial charge in [-0.15, -0.1) is 0 Å². The van der Waals surface area contributed by atoms with Crippen LogP contribution < -0.4 is 0 Å². The second-order valence-electron chi connectivity index (χ2n) is 7.45. The Morgan fingerprint density at radius 1 is 0.968 bits per heavy atom. The van der Waals surface area contributed by atoms with Gasteiger partial charge in [0.05, 0.1) is 11.1 Å². The van der Waals surface area contributed by atoms with Gasteiger partial charge in [0.1, 0.15) is 18.7 Å². The van der Waals surface area contributed by atoms with Crippen LogP contribution in [0.3, 0.4) is 0 Å². The van der Waals surface area contributed by atoms with E-state index in [9.17, 15) is 24.0 Å². The summed E-state index contributed by atoms with van der Waals surface area (Å²) in [6.07, 6.45) is 0.138. The van der Waals surface area contributed by atoms with Gasteiger partial charge in [-0.25, -0.2) is 4.79 Å². The number of hydrogen-bond donors (Lipinski definition) is 0. The van der Waals surface area contributed by atoms with Gasteiger partial charge in [0, 0.05) is 6.42 Å². The number of fused-ring (bicyclic) bond motifs is 1. The first kappa shape index (κ1) is 20.5. The molecule has 2 aliphatic rings. The average Bonchev–Trinajstić information content (AvgIpc) is 3.29. The van der Waals surface area contributed by atoms with Crippen molar-refractivity contribution in [3.8, 4) is 0 Å². The average molecular weight is 420 g/mol. The monoisotopic (exact) mass is 420 g/mol. The number of amides is 4. The lowest BCUT2D eigenvalue weighted by atomic mass is 10.1. The van der Waals surface area contributed by atoms with E-state index in [2.05, 4.69) is 0 Å². The highest BCUT2D eigenvalue weighted by molar-refractivity contribution is 6.23. The van der Waals surface area contributed by atoms with Crippen molar-refractivity contribution in [3.63, 3.8) is 0 Å². The second kappa shape index (κ2) is 8.14. The standard InChI is InChI=1S/C23H20N2O6/c1-14(24-21(28)16-9-5-6-10-17(16)22(24)29)20(27)25-18(11-12-19(25)26)23(30)31-13-15-7-3-2-4-8-15/h2-10,14,18H,11-13H2,1H3/t14-,18-/m0/s1. The van der Waals surface area contributed by atoms with E-state index in [4.69, 9.17) is 4.74 Å². The predicted octanol–water partition coefficient (Wildman–Crippen LogP) is 1.93. The highest BCUT2D eigenvalue weighted by atomic mass is 16.5. The van der Waals surface area contributed by atoms with Gasteiger partial charge in [0.25, 0.3) is 17.7 Å². The molecule has 2 atom stereocenters. The van der Waals surface area contributed by atoms with Crippen molar-refractivity contribution >= 4 is 29.6 Å². The summed E-state index contributed by atoms with van der Waals surface area (Å²) in [6, 6.07) is 13.0. The molecule has 1 saturated heterocycles. The molecule has 1 fully saturated rings. The van der Waals surface area contributed by atoms with Crippen molar-refractivity contribution in [1.29, 1.82) is 0 Å². The Balaban J connectivity index is 1.50. The Morgan fingerprint density at radius 2 is 1.55 bits per heavy atom. The van der Waals surface area contributed by atoms with Gasteiger partial charge >= 0.3 is 5.97 Å². The number of esters is 1. The van der Waals surface area contributed by atoms with E-state index in [-0.39, 0.29) is 30.6 Å². The van der Waals surface area contributed by atoms with Crippen molar-refractivity contribution in [2.45, 2.75) is 38.5 Å². The summed E-state index contributed by atoms with van der Waals surface area (Å²) >= 11 is 0. The molecule has 0 saturated carbocycles. The summed E-state index contributed by atoms with van der Waals surface area (Å²) in [7, 11) is 0. The van der Waals surface area contributed by atoms with E-state index >= 15 is 0 Å². The molecule has 0 N–H and O–H groups in total. The molecular formula is C23H20N2O6. The summed E-state index contributed by atoms with van der Waals surface area (Å²) in [5.41, 5.74) is 1.19. The lowest BCUT2D eigenvalue weighted by Crippen LogP contribution is -2.53. The van der Waals surface area contributed by atoms with E-state index in [1.165, 1.54) is 19.1 Å². The van der Waals surface area contributed by atoms with Crippen molar-refractivity contribution < 1.29 is 28.7 Å². The largest absolute Gasteiger partial charge is 0.459 e. The Bertz CT molecular complexity index is 1050. The van der Waals surface area contributed by atoms with Crippen LogP contribution >= 0.6 is 0 Å². The third-order valence-electron chi connectivity index (χ3n) is 5.52. The van der Waals surface area contributed by atoms with Gasteiger partial charge in [0.2, 0.25) is 5.91 Å². The topological polar surface area (TPSA) is 101 Å². The second-order valence-corrected chi connectivity index (χ2v) is 7.45. The van der Waals surface area contributed by atoms with Crippen LogP contribution in [0.25, 0.3) is 0 Å². The molecular weight excluding hydrogens is 400 g/mol. The quantitative estimate of drug-likeness (QED) is 0.541. The minimum absolute atomic E-state index is 0.00564. The molecule has 8 heteroatoms. The molecule has 158 valence electrons. The fraction of sp³-hybridized carbons (Fsp3) is 0.261. The lowest BCUT2D eigenvalue weighted by molar-refractivity contribution is -0.159. The van der Waals surface area contributed by atoms with E-state index < -0.39 is 41.7 Å². The molecule has 0 aromatic heterocycles. The van der Waals surface area contributed by atoms with Crippen LogP contribution in [-0.4, -0.2) is 51.5 Å². The number of nitrogens with zero attached hydrogens (tertiary/aromatic N) is 2. The van der Waals surface area contributed by atoms with Crippen LogP contribution in [0.4, 0.5) is 0 Å². The predicted molar refractivity (Wildman–Crippen MR) is 108 cm³/mol. The molecule has 2 aromatic carbocycles. The molecule has 2 heterocycles. The smallest absolute Gasteiger partial charge is 0.329 e. The maximum Gasteiger partial charge on any atom is 0.329 e. The molecule has 0 unspecified atom stereocenters. The zero-order chi connectivity index (χ0) is 22.1. The number of hydrogen-bond acceptors (Lipinski definition) is 6. The normalized spacial score (nSPS) is 18.9. The van der Waals surface area contributed by atoms with E-state index in [1.54, 1.807) is 24.3 Å². The third kappa shape index (κ3) is 3.61. The maximum atomic E-state index is 13.1. The van der Waals surface area contributed by atoms with Crippen LogP contribution in [0, 0.1) is 0 Å². The Labute approximate surface area is 178 Å². The number of ether oxygens (including phenoxy) is 1. The summed E-state index contributed by atoms with van der Waals surface area (Å²) in [6.45, 7) is 1.39. The van der Waals surface area contributed by atoms with Crippen LogP contribution in [0.15, 0.2) is 54.6 Å². The number of likely N-dealkylation sites (tertiary alicyclic amines) is 1. The van der Waals surface area contributed by atoms with E-state index in [0.717, 1.165) is 15.4 Å². The van der Waals surface area contributed by atoms with Crippen molar-refractivity contribution in [1.82, 2.24) is 9.80 Å². The summed E-state index contributed by atoms with van der Waals surface area (Å²) in [4.78, 5) is 65.2. The Kier molecular flexibility index (Phi) is 5.37. The van der Waals surface area contributed by atoms with Gasteiger partial charge in [-0.3, -0.25) is 29.0 Å². The molecule has 4 rings (SSSR count). The van der Waals surface area contributed by atoms with Gasteiger partial charge < -0.3 is 4.74 Å². The first-order valence-corrected chi connectivity index (χ1v) is 9.93. The van der Waals surface area contributed by atoms with Crippen LogP contribution in [0.2, 0.25) is 0 Å².